The SMILES string of the molecule is CCNC(=NCc1coc(-c2ccc(C)cc2)n1)NCCC(=O)Nc1ccc(C)cn1.I. The number of nitrogens with zero attached hydrogens (tertiary/aromatic N) is 3. The van der Waals surface area contributed by atoms with Gasteiger partial charge in [-0.25, -0.2) is 15.0 Å². The lowest BCUT2D eigenvalue weighted by atomic mass is 10.1. The molecule has 170 valence electrons. The summed E-state index contributed by atoms with van der Waals surface area (Å²) in [6.45, 7) is 7.49. The third-order valence-electron chi connectivity index (χ3n) is 4.42. The van der Waals surface area contributed by atoms with Crippen molar-refractivity contribution >= 4 is 41.7 Å². The van der Waals surface area contributed by atoms with Crippen molar-refractivity contribution in [3.05, 3.63) is 65.7 Å². The van der Waals surface area contributed by atoms with Crippen LogP contribution in [0.5, 0.6) is 0 Å². The highest BCUT2D eigenvalue weighted by atomic mass is 127. The predicted molar refractivity (Wildman–Crippen MR) is 137 cm³/mol. The Balaban J connectivity index is 0.00000363. The number of hydrogen-bond acceptors (Lipinski definition) is 5. The zero-order valence-corrected chi connectivity index (χ0v) is 20.8. The number of pyridine rings is 1. The van der Waals surface area contributed by atoms with Gasteiger partial charge in [0, 0.05) is 31.3 Å². The van der Waals surface area contributed by atoms with Gasteiger partial charge in [0.15, 0.2) is 5.96 Å². The number of rotatable bonds is 8. The van der Waals surface area contributed by atoms with E-state index in [1.54, 1.807) is 18.5 Å². The second-order valence-corrected chi connectivity index (χ2v) is 7.15. The fraction of sp³-hybridized carbons (Fsp3) is 0.304. The first-order chi connectivity index (χ1) is 15.0. The van der Waals surface area contributed by atoms with Crippen LogP contribution in [0.1, 0.15) is 30.2 Å². The van der Waals surface area contributed by atoms with E-state index < -0.39 is 0 Å². The largest absolute Gasteiger partial charge is 0.444 e. The third-order valence-corrected chi connectivity index (χ3v) is 4.42. The van der Waals surface area contributed by atoms with E-state index in [0.717, 1.165) is 16.8 Å². The van der Waals surface area contributed by atoms with Crippen LogP contribution in [0.3, 0.4) is 0 Å². The van der Waals surface area contributed by atoms with Crippen LogP contribution in [-0.2, 0) is 11.3 Å². The minimum absolute atomic E-state index is 0. The molecule has 0 unspecified atom stereocenters. The molecule has 0 spiro atoms. The van der Waals surface area contributed by atoms with Crippen molar-refractivity contribution in [2.75, 3.05) is 18.4 Å². The molecule has 3 N–H and O–H groups in total. The number of carbonyl (C=O) groups is 1. The van der Waals surface area contributed by atoms with Crippen molar-refractivity contribution in [1.82, 2.24) is 20.6 Å². The number of aromatic nitrogens is 2. The Hall–Kier alpha value is -2.95. The number of amides is 1. The van der Waals surface area contributed by atoms with Gasteiger partial charge in [-0.1, -0.05) is 23.8 Å². The maximum Gasteiger partial charge on any atom is 0.227 e. The van der Waals surface area contributed by atoms with Crippen LogP contribution in [0.15, 0.2) is 58.3 Å². The summed E-state index contributed by atoms with van der Waals surface area (Å²) >= 11 is 0. The van der Waals surface area contributed by atoms with Crippen molar-refractivity contribution in [3.8, 4) is 11.5 Å². The average Bonchev–Trinajstić information content (AvgIpc) is 3.23. The molecule has 0 aliphatic carbocycles. The van der Waals surface area contributed by atoms with Gasteiger partial charge in [-0.05, 0) is 44.5 Å². The highest BCUT2D eigenvalue weighted by molar-refractivity contribution is 14.0. The molecule has 3 aromatic rings. The van der Waals surface area contributed by atoms with E-state index in [1.165, 1.54) is 5.56 Å². The summed E-state index contributed by atoms with van der Waals surface area (Å²) in [7, 11) is 0. The number of aliphatic imine (C=N–C) groups is 1. The Morgan fingerprint density at radius 3 is 2.50 bits per heavy atom. The molecule has 0 saturated carbocycles. The Morgan fingerprint density at radius 2 is 1.81 bits per heavy atom. The van der Waals surface area contributed by atoms with Gasteiger partial charge in [-0.15, -0.1) is 24.0 Å². The smallest absolute Gasteiger partial charge is 0.227 e. The van der Waals surface area contributed by atoms with Crippen LogP contribution in [0, 0.1) is 13.8 Å². The summed E-state index contributed by atoms with van der Waals surface area (Å²) in [5.41, 5.74) is 3.89. The van der Waals surface area contributed by atoms with Crippen molar-refractivity contribution < 1.29 is 9.21 Å². The minimum Gasteiger partial charge on any atom is -0.444 e. The van der Waals surface area contributed by atoms with Gasteiger partial charge in [0.25, 0.3) is 0 Å². The van der Waals surface area contributed by atoms with E-state index in [1.807, 2.05) is 51.1 Å². The second kappa shape index (κ2) is 12.8. The molecule has 9 heteroatoms. The van der Waals surface area contributed by atoms with Crippen molar-refractivity contribution in [2.45, 2.75) is 33.7 Å². The van der Waals surface area contributed by atoms with E-state index in [9.17, 15) is 4.79 Å². The molecule has 0 saturated heterocycles. The van der Waals surface area contributed by atoms with E-state index in [4.69, 9.17) is 4.42 Å². The van der Waals surface area contributed by atoms with E-state index >= 15 is 0 Å². The lowest BCUT2D eigenvalue weighted by Gasteiger charge is -2.11. The summed E-state index contributed by atoms with van der Waals surface area (Å²) in [6, 6.07) is 11.7. The first-order valence-corrected chi connectivity index (χ1v) is 10.3. The van der Waals surface area contributed by atoms with Crippen LogP contribution in [-0.4, -0.2) is 34.9 Å². The van der Waals surface area contributed by atoms with E-state index in [0.29, 0.717) is 43.7 Å². The van der Waals surface area contributed by atoms with Crippen LogP contribution in [0.2, 0.25) is 0 Å². The average molecular weight is 548 g/mol. The fourth-order valence-corrected chi connectivity index (χ4v) is 2.75. The maximum absolute atomic E-state index is 12.1. The Labute approximate surface area is 205 Å². The first-order valence-electron chi connectivity index (χ1n) is 10.3. The maximum atomic E-state index is 12.1. The Morgan fingerprint density at radius 1 is 1.06 bits per heavy atom. The molecular weight excluding hydrogens is 519 g/mol. The van der Waals surface area contributed by atoms with Crippen LogP contribution in [0.4, 0.5) is 5.82 Å². The zero-order chi connectivity index (χ0) is 22.1. The first kappa shape index (κ1) is 25.3. The highest BCUT2D eigenvalue weighted by Crippen LogP contribution is 2.19. The number of anilines is 1. The quantitative estimate of drug-likeness (QED) is 0.223. The molecule has 0 bridgehead atoms. The Kier molecular flexibility index (Phi) is 10.1. The van der Waals surface area contributed by atoms with Crippen molar-refractivity contribution in [3.63, 3.8) is 0 Å². The summed E-state index contributed by atoms with van der Waals surface area (Å²) in [6.07, 6.45) is 3.63. The molecule has 0 aliphatic heterocycles. The van der Waals surface area contributed by atoms with Gasteiger partial charge in [0.05, 0.1) is 6.54 Å². The topological polar surface area (TPSA) is 104 Å². The number of nitrogens with one attached hydrogen (secondary N) is 3. The van der Waals surface area contributed by atoms with Crippen molar-refractivity contribution in [1.29, 1.82) is 0 Å². The third kappa shape index (κ3) is 7.95. The highest BCUT2D eigenvalue weighted by Gasteiger charge is 2.08. The molecule has 32 heavy (non-hydrogen) atoms. The monoisotopic (exact) mass is 548 g/mol. The molecule has 2 heterocycles. The van der Waals surface area contributed by atoms with Gasteiger partial charge in [-0.2, -0.15) is 0 Å². The normalized spacial score (nSPS) is 10.9. The number of halogens is 1. The number of hydrogen-bond donors (Lipinski definition) is 3. The van der Waals surface area contributed by atoms with Crippen molar-refractivity contribution in [2.24, 2.45) is 4.99 Å². The van der Waals surface area contributed by atoms with Gasteiger partial charge < -0.3 is 20.4 Å². The van der Waals surface area contributed by atoms with Gasteiger partial charge in [0.1, 0.15) is 17.8 Å². The van der Waals surface area contributed by atoms with Crippen LogP contribution in [0.25, 0.3) is 11.5 Å². The molecular formula is C23H29IN6O2. The standard InChI is InChI=1S/C23H28N6O2.HI/c1-4-24-23(25-12-11-21(30)29-20-10-7-17(3)13-26-20)27-14-19-15-31-22(28-19)18-8-5-16(2)6-9-18;/h5-10,13,15H,4,11-12,14H2,1-3H3,(H2,24,25,27)(H,26,29,30);1H. The lowest BCUT2D eigenvalue weighted by molar-refractivity contribution is -0.116. The van der Waals surface area contributed by atoms with Gasteiger partial charge in [0.2, 0.25) is 11.8 Å². The van der Waals surface area contributed by atoms with Crippen LogP contribution >= 0.6 is 24.0 Å². The molecule has 2 aromatic heterocycles. The number of benzene rings is 1. The number of guanidine groups is 1. The molecule has 8 nitrogen and oxygen atoms in total. The van der Waals surface area contributed by atoms with Crippen LogP contribution < -0.4 is 16.0 Å². The molecule has 1 amide bonds. The fourth-order valence-electron chi connectivity index (χ4n) is 2.75. The zero-order valence-electron chi connectivity index (χ0n) is 18.5. The molecule has 3 rings (SSSR count). The van der Waals surface area contributed by atoms with Gasteiger partial charge >= 0.3 is 0 Å². The molecule has 0 radical (unpaired) electrons. The molecule has 0 aliphatic rings. The number of aryl methyl sites for hydroxylation is 2. The number of oxazole rings is 1. The Bertz CT molecular complexity index is 1020. The summed E-state index contributed by atoms with van der Waals surface area (Å²) in [5, 5.41) is 9.11. The predicted octanol–water partition coefficient (Wildman–Crippen LogP) is 4.06. The van der Waals surface area contributed by atoms with Gasteiger partial charge in [-0.3, -0.25) is 4.79 Å². The van der Waals surface area contributed by atoms with E-state index in [-0.39, 0.29) is 29.9 Å². The molecule has 0 atom stereocenters. The summed E-state index contributed by atoms with van der Waals surface area (Å²) in [5.74, 6) is 1.62. The second-order valence-electron chi connectivity index (χ2n) is 7.15. The number of carbonyl (C=O) groups excluding carboxylic acids is 1. The summed E-state index contributed by atoms with van der Waals surface area (Å²) < 4.78 is 5.58. The molecule has 1 aromatic carbocycles. The minimum atomic E-state index is -0.112. The van der Waals surface area contributed by atoms with E-state index in [2.05, 4.69) is 30.9 Å². The molecule has 0 fully saturated rings. The summed E-state index contributed by atoms with van der Waals surface area (Å²) in [4.78, 5) is 25.3. The lowest BCUT2D eigenvalue weighted by Crippen LogP contribution is -2.38.